The lowest BCUT2D eigenvalue weighted by Gasteiger charge is -2.35. The molecule has 84 heavy (non-hydrogen) atoms. The zero-order valence-electron chi connectivity index (χ0n) is 49.5. The Kier molecular flexibility index (Phi) is 34.5. The second kappa shape index (κ2) is 38.7. The lowest BCUT2D eigenvalue weighted by atomic mass is 9.95. The number of aliphatic hydroxyl groups is 2. The summed E-state index contributed by atoms with van der Waals surface area (Å²) in [6, 6.07) is 20.7. The van der Waals surface area contributed by atoms with Crippen LogP contribution in [0.3, 0.4) is 0 Å². The van der Waals surface area contributed by atoms with Crippen LogP contribution in [0.5, 0.6) is 11.5 Å². The number of carbonyl (C=O) groups is 7. The number of carbonyl (C=O) groups excluding carboxylic acids is 7. The first-order chi connectivity index (χ1) is 39.4. The predicted molar refractivity (Wildman–Crippen MR) is 315 cm³/mol. The molecule has 0 amide bonds. The van der Waals surface area contributed by atoms with Crippen LogP contribution in [0, 0.1) is 30.1 Å². The summed E-state index contributed by atoms with van der Waals surface area (Å²) in [6.45, 7) is 18.8. The van der Waals surface area contributed by atoms with Crippen molar-refractivity contribution in [2.75, 3.05) is 46.4 Å². The number of rotatable bonds is 25. The summed E-state index contributed by atoms with van der Waals surface area (Å²) in [6.07, 6.45) is 0.447. The monoisotopic (exact) mass is 1270 g/mol. The van der Waals surface area contributed by atoms with Gasteiger partial charge >= 0.3 is 29.8 Å². The molecule has 2 unspecified atom stereocenters. The number of hydrogen-bond acceptors (Lipinski definition) is 22. The summed E-state index contributed by atoms with van der Waals surface area (Å²) in [7, 11) is -5.93. The van der Waals surface area contributed by atoms with E-state index in [0.717, 1.165) is 43.3 Å². The standard InChI is InChI=1S/C20H22NO5P.C19H30O10.C11H10O2.C9H13BrNO3P/c1-4-26-27(3,24)20-12-17(11-18(13-22)21-20)6-5-16-7-9-19(10-8-16)25-14-15(2)23;1-10(2)8-16(26-12(4)21)18(28-14(6)23)19(29-15(7)24)17(27-13(5)22)9-25-11(3)20;1-3-10-4-6-11(7-5-10)13-8-9(2)12;1-3-14-15(2,13)9-5-7(10)4-8(6-12)11-9/h7-12,22H,4,13-14H2,1-3H3;10,16-19H,8-9H2,1-7H3;1,4-7H,8H2,2H3;4-5,12H,3,6H2,1-2H3/t;16-,17+,18+,19+;;/m.1../s1. The Morgan fingerprint density at radius 1 is 0.571 bits per heavy atom. The number of benzene rings is 2. The normalized spacial score (nSPS) is 13.2. The Balaban J connectivity index is 0.000000588. The first-order valence-corrected chi connectivity index (χ1v) is 30.9. The number of halogens is 1. The van der Waals surface area contributed by atoms with Crippen molar-refractivity contribution in [3.63, 3.8) is 0 Å². The van der Waals surface area contributed by atoms with Crippen molar-refractivity contribution < 1.29 is 95.1 Å². The molecule has 0 aliphatic carbocycles. The molecule has 6 atom stereocenters. The van der Waals surface area contributed by atoms with E-state index in [-0.39, 0.29) is 55.8 Å². The molecule has 0 aliphatic heterocycles. The minimum Gasteiger partial charge on any atom is -0.486 e. The Labute approximate surface area is 499 Å². The Hall–Kier alpha value is -7.07. The largest absolute Gasteiger partial charge is 0.486 e. The summed E-state index contributed by atoms with van der Waals surface area (Å²) < 4.78 is 72.3. The van der Waals surface area contributed by atoms with E-state index in [1.807, 2.05) is 13.8 Å². The summed E-state index contributed by atoms with van der Waals surface area (Å²) in [5, 5.41) is 18.4. The van der Waals surface area contributed by atoms with Gasteiger partial charge in [0.2, 0.25) is 14.7 Å². The number of aromatic nitrogens is 2. The lowest BCUT2D eigenvalue weighted by Crippen LogP contribution is -2.53. The minimum atomic E-state index is -3.06. The average molecular weight is 1270 g/mol. The molecule has 25 heteroatoms. The molecule has 0 radical (unpaired) electrons. The molecule has 22 nitrogen and oxygen atoms in total. The van der Waals surface area contributed by atoms with E-state index < -0.39 is 75.6 Å². The van der Waals surface area contributed by atoms with E-state index >= 15 is 0 Å². The van der Waals surface area contributed by atoms with Crippen LogP contribution in [0.1, 0.15) is 111 Å². The van der Waals surface area contributed by atoms with Crippen LogP contribution in [-0.4, -0.2) is 132 Å². The van der Waals surface area contributed by atoms with Crippen molar-refractivity contribution in [1.82, 2.24) is 9.97 Å². The van der Waals surface area contributed by atoms with Gasteiger partial charge in [0.1, 0.15) is 48.3 Å². The van der Waals surface area contributed by atoms with Gasteiger partial charge in [0.15, 0.2) is 29.9 Å². The third-order valence-corrected chi connectivity index (χ3v) is 14.2. The number of aliphatic hydroxyl groups excluding tert-OH is 2. The van der Waals surface area contributed by atoms with Gasteiger partial charge in [-0.05, 0) is 113 Å². The second-order valence-electron chi connectivity index (χ2n) is 18.5. The van der Waals surface area contributed by atoms with E-state index in [1.54, 1.807) is 86.6 Å². The van der Waals surface area contributed by atoms with Gasteiger partial charge in [-0.25, -0.2) is 9.97 Å². The summed E-state index contributed by atoms with van der Waals surface area (Å²) in [5.74, 6) is 6.16. The smallest absolute Gasteiger partial charge is 0.303 e. The van der Waals surface area contributed by atoms with Gasteiger partial charge in [0.25, 0.3) is 0 Å². The van der Waals surface area contributed by atoms with E-state index in [0.29, 0.717) is 47.1 Å². The molecule has 0 aliphatic rings. The van der Waals surface area contributed by atoms with Crippen molar-refractivity contribution >= 4 is 83.0 Å². The van der Waals surface area contributed by atoms with Crippen molar-refractivity contribution in [1.29, 1.82) is 0 Å². The molecular weight excluding hydrogens is 1200 g/mol. The maximum atomic E-state index is 12.6. The van der Waals surface area contributed by atoms with E-state index in [2.05, 4.69) is 43.7 Å². The van der Waals surface area contributed by atoms with Crippen LogP contribution in [0.25, 0.3) is 0 Å². The van der Waals surface area contributed by atoms with Crippen molar-refractivity contribution in [3.05, 3.63) is 105 Å². The first-order valence-electron chi connectivity index (χ1n) is 26.0. The molecule has 4 aromatic rings. The predicted octanol–water partition coefficient (Wildman–Crippen LogP) is 7.38. The van der Waals surface area contributed by atoms with Gasteiger partial charge in [-0.1, -0.05) is 47.5 Å². The fourth-order valence-electron chi connectivity index (χ4n) is 6.81. The third kappa shape index (κ3) is 31.0. The molecule has 0 saturated heterocycles. The zero-order chi connectivity index (χ0) is 63.7. The molecule has 0 bridgehead atoms. The maximum absolute atomic E-state index is 12.6. The van der Waals surface area contributed by atoms with Crippen LogP contribution >= 0.6 is 30.7 Å². The van der Waals surface area contributed by atoms with E-state index in [1.165, 1.54) is 34.1 Å². The molecule has 0 spiro atoms. The van der Waals surface area contributed by atoms with Gasteiger partial charge < -0.3 is 52.4 Å². The van der Waals surface area contributed by atoms with Gasteiger partial charge in [-0.3, -0.25) is 42.7 Å². The molecule has 2 aromatic heterocycles. The van der Waals surface area contributed by atoms with Crippen LogP contribution in [0.4, 0.5) is 0 Å². The Bertz CT molecular complexity index is 3030. The summed E-state index contributed by atoms with van der Waals surface area (Å²) in [4.78, 5) is 87.6. The highest BCUT2D eigenvalue weighted by molar-refractivity contribution is 9.10. The SMILES string of the molecule is C#Cc1ccc(OCC(C)=O)cc1.CC(=O)OC[C@H](OC(C)=O)[C@H](OC(C)=O)[C@@H](OC(C)=O)[C@@H](CC(C)C)OC(C)=O.CCOP(C)(=O)c1cc(Br)cc(CO)n1.CCOP(C)(=O)c1cc(C#Cc2ccc(OCC(C)=O)cc2)cc(CO)n1. The Morgan fingerprint density at radius 2 is 0.976 bits per heavy atom. The minimum absolute atomic E-state index is 0.000950. The number of esters is 5. The highest BCUT2D eigenvalue weighted by atomic mass is 79.9. The van der Waals surface area contributed by atoms with Crippen molar-refractivity contribution in [2.24, 2.45) is 5.92 Å². The number of terminal acetylenes is 1. The van der Waals surface area contributed by atoms with Gasteiger partial charge in [-0.15, -0.1) is 6.42 Å². The fraction of sp³-hybridized carbons (Fsp3) is 0.441. The summed E-state index contributed by atoms with van der Waals surface area (Å²) >= 11 is 3.27. The Morgan fingerprint density at radius 3 is 1.37 bits per heavy atom. The number of Topliss-reactive ketones (excluding diaryl/α,β-unsaturated/α-hetero) is 2. The molecule has 2 heterocycles. The molecule has 0 fully saturated rings. The molecular formula is C59H75BrN2O20P2. The average Bonchev–Trinajstić information content (AvgIpc) is 3.58. The van der Waals surface area contributed by atoms with Crippen molar-refractivity contribution in [2.45, 2.75) is 120 Å². The van der Waals surface area contributed by atoms with Crippen LogP contribution in [0.15, 0.2) is 77.3 Å². The van der Waals surface area contributed by atoms with Crippen molar-refractivity contribution in [3.8, 4) is 35.7 Å². The second-order valence-corrected chi connectivity index (χ2v) is 24.2. The number of pyridine rings is 2. The van der Waals surface area contributed by atoms with Crippen LogP contribution in [-0.2, 0) is 88.6 Å². The quantitative estimate of drug-likeness (QED) is 0.0283. The van der Waals surface area contributed by atoms with Gasteiger partial charge in [-0.2, -0.15) is 0 Å². The number of nitrogens with zero attached hydrogens (tertiary/aromatic N) is 2. The van der Waals surface area contributed by atoms with Crippen LogP contribution in [0.2, 0.25) is 0 Å². The first kappa shape index (κ1) is 74.9. The molecule has 2 aromatic carbocycles. The van der Waals surface area contributed by atoms with Crippen LogP contribution < -0.4 is 20.3 Å². The van der Waals surface area contributed by atoms with Gasteiger partial charge in [0.05, 0.1) is 37.8 Å². The zero-order valence-corrected chi connectivity index (χ0v) is 52.8. The number of ketones is 2. The van der Waals surface area contributed by atoms with Gasteiger partial charge in [0, 0.05) is 69.1 Å². The highest BCUT2D eigenvalue weighted by Crippen LogP contribution is 2.41. The third-order valence-electron chi connectivity index (χ3n) is 10.2. The highest BCUT2D eigenvalue weighted by Gasteiger charge is 2.44. The number of ether oxygens (including phenoxy) is 7. The molecule has 2 N–H and O–H groups in total. The number of hydrogen-bond donors (Lipinski definition) is 2. The topological polar surface area (TPSA) is 303 Å². The summed E-state index contributed by atoms with van der Waals surface area (Å²) in [5.41, 5.74) is 3.65. The molecule has 0 saturated carbocycles. The molecule has 4 rings (SSSR count). The molecule has 458 valence electrons. The maximum Gasteiger partial charge on any atom is 0.303 e. The fourth-order valence-corrected chi connectivity index (χ4v) is 10.1. The van der Waals surface area contributed by atoms with E-state index in [9.17, 15) is 47.8 Å². The van der Waals surface area contributed by atoms with E-state index in [4.69, 9.17) is 53.7 Å². The lowest BCUT2D eigenvalue weighted by molar-refractivity contribution is -0.203.